The maximum absolute atomic E-state index is 13.9. The largest absolute Gasteiger partial charge is 0.384 e. The second kappa shape index (κ2) is 11.9. The van der Waals surface area contributed by atoms with E-state index in [2.05, 4.69) is 9.97 Å². The molecule has 4 rings (SSSR count). The van der Waals surface area contributed by atoms with Crippen molar-refractivity contribution in [1.29, 1.82) is 0 Å². The van der Waals surface area contributed by atoms with E-state index < -0.39 is 0 Å². The van der Waals surface area contributed by atoms with Gasteiger partial charge in [0.2, 0.25) is 5.91 Å². The summed E-state index contributed by atoms with van der Waals surface area (Å²) in [5.74, 6) is 0.604. The van der Waals surface area contributed by atoms with Gasteiger partial charge in [0, 0.05) is 55.9 Å². The lowest BCUT2D eigenvalue weighted by Crippen LogP contribution is -2.37. The number of pyridine rings is 1. The molecule has 1 fully saturated rings. The monoisotopic (exact) mass is 478 g/mol. The molecule has 1 amide bonds. The van der Waals surface area contributed by atoms with E-state index in [1.165, 1.54) is 23.9 Å². The van der Waals surface area contributed by atoms with E-state index in [-0.39, 0.29) is 17.6 Å². The van der Waals surface area contributed by atoms with E-state index in [0.29, 0.717) is 24.9 Å². The zero-order valence-electron chi connectivity index (χ0n) is 19.1. The zero-order valence-corrected chi connectivity index (χ0v) is 19.9. The highest BCUT2D eigenvalue weighted by Gasteiger charge is 2.26. The Morgan fingerprint density at radius 3 is 2.79 bits per heavy atom. The van der Waals surface area contributed by atoms with Crippen molar-refractivity contribution in [2.24, 2.45) is 0 Å². The minimum atomic E-state index is -0.290. The molecule has 176 valence electrons. The van der Waals surface area contributed by atoms with Gasteiger partial charge in [0.15, 0.2) is 5.16 Å². The van der Waals surface area contributed by atoms with Crippen LogP contribution in [0.4, 0.5) is 4.39 Å². The average molecular weight is 479 g/mol. The normalized spacial score (nSPS) is 14.6. The molecule has 0 radical (unpaired) electrons. The Morgan fingerprint density at radius 2 is 2.06 bits per heavy atom. The van der Waals surface area contributed by atoms with E-state index in [1.807, 2.05) is 29.2 Å². The van der Waals surface area contributed by atoms with Gasteiger partial charge in [-0.1, -0.05) is 30.0 Å². The number of piperidine rings is 1. The highest BCUT2D eigenvalue weighted by atomic mass is 32.2. The topological polar surface area (TPSA) is 68.2 Å². The van der Waals surface area contributed by atoms with Crippen molar-refractivity contribution in [1.82, 2.24) is 19.9 Å². The maximum atomic E-state index is 13.9. The van der Waals surface area contributed by atoms with Crippen LogP contribution in [0.5, 0.6) is 0 Å². The number of hydrogen-bond donors (Lipinski definition) is 0. The van der Waals surface area contributed by atoms with Gasteiger partial charge >= 0.3 is 0 Å². The molecule has 0 unspecified atom stereocenters. The number of carbonyl (C=O) groups excluding carboxylic acids is 1. The average Bonchev–Trinajstić information content (AvgIpc) is 2.88. The van der Waals surface area contributed by atoms with Gasteiger partial charge in [-0.25, -0.2) is 14.4 Å². The first-order chi connectivity index (χ1) is 16.6. The van der Waals surface area contributed by atoms with Crippen molar-refractivity contribution >= 4 is 23.7 Å². The van der Waals surface area contributed by atoms with E-state index >= 15 is 0 Å². The first kappa shape index (κ1) is 24.0. The molecule has 3 aromatic rings. The summed E-state index contributed by atoms with van der Waals surface area (Å²) in [6.45, 7) is 1.88. The lowest BCUT2D eigenvalue weighted by Gasteiger charge is -2.32. The van der Waals surface area contributed by atoms with E-state index in [0.717, 1.165) is 41.1 Å². The maximum Gasteiger partial charge on any atom is 0.246 e. The molecule has 1 aliphatic heterocycles. The van der Waals surface area contributed by atoms with Crippen molar-refractivity contribution in [3.05, 3.63) is 78.1 Å². The molecule has 2 aromatic heterocycles. The van der Waals surface area contributed by atoms with Crippen molar-refractivity contribution in [2.45, 2.75) is 23.9 Å². The smallest absolute Gasteiger partial charge is 0.246 e. The van der Waals surface area contributed by atoms with Gasteiger partial charge in [-0.3, -0.25) is 9.78 Å². The van der Waals surface area contributed by atoms with Crippen LogP contribution >= 0.6 is 11.8 Å². The third-order valence-electron chi connectivity index (χ3n) is 5.73. The Morgan fingerprint density at radius 1 is 1.21 bits per heavy atom. The van der Waals surface area contributed by atoms with Crippen LogP contribution in [0.3, 0.4) is 0 Å². The summed E-state index contributed by atoms with van der Waals surface area (Å²) < 4.78 is 19.1. The van der Waals surface area contributed by atoms with Crippen LogP contribution in [0.1, 0.15) is 30.1 Å². The summed E-state index contributed by atoms with van der Waals surface area (Å²) in [5.41, 5.74) is 3.28. The van der Waals surface area contributed by atoms with E-state index in [1.54, 1.807) is 37.7 Å². The molecule has 1 aromatic carbocycles. The fraction of sp³-hybridized carbons (Fsp3) is 0.308. The first-order valence-corrected chi connectivity index (χ1v) is 12.2. The zero-order chi connectivity index (χ0) is 23.8. The van der Waals surface area contributed by atoms with Gasteiger partial charge in [-0.15, -0.1) is 0 Å². The molecule has 3 heterocycles. The molecular formula is C26H27FN4O2S. The van der Waals surface area contributed by atoms with Crippen molar-refractivity contribution in [2.75, 3.05) is 32.6 Å². The van der Waals surface area contributed by atoms with E-state index in [9.17, 15) is 9.18 Å². The van der Waals surface area contributed by atoms with Gasteiger partial charge in [0.25, 0.3) is 0 Å². The Kier molecular flexibility index (Phi) is 8.38. The number of thioether (sulfide) groups is 1. The van der Waals surface area contributed by atoms with Gasteiger partial charge in [0.05, 0.1) is 18.0 Å². The van der Waals surface area contributed by atoms with Crippen molar-refractivity contribution in [3.63, 3.8) is 0 Å². The minimum Gasteiger partial charge on any atom is -0.384 e. The molecule has 34 heavy (non-hydrogen) atoms. The first-order valence-electron chi connectivity index (χ1n) is 11.3. The summed E-state index contributed by atoms with van der Waals surface area (Å²) in [6, 6.07) is 12.1. The predicted octanol–water partition coefficient (Wildman–Crippen LogP) is 4.84. The Bertz CT molecular complexity index is 1130. The lowest BCUT2D eigenvalue weighted by atomic mass is 9.89. The number of halogens is 1. The fourth-order valence-electron chi connectivity index (χ4n) is 3.96. The molecule has 1 aliphatic rings. The number of likely N-dealkylation sites (tertiary alicyclic amines) is 1. The molecule has 0 spiro atoms. The van der Waals surface area contributed by atoms with Crippen molar-refractivity contribution < 1.29 is 13.9 Å². The fourth-order valence-corrected chi connectivity index (χ4v) is 4.69. The molecular weight excluding hydrogens is 451 g/mol. The molecule has 1 saturated heterocycles. The lowest BCUT2D eigenvalue weighted by molar-refractivity contribution is -0.126. The van der Waals surface area contributed by atoms with Gasteiger partial charge in [-0.2, -0.15) is 0 Å². The summed E-state index contributed by atoms with van der Waals surface area (Å²) >= 11 is 1.54. The van der Waals surface area contributed by atoms with Crippen LogP contribution in [-0.2, 0) is 9.53 Å². The molecule has 0 atom stereocenters. The summed E-state index contributed by atoms with van der Waals surface area (Å²) in [6.07, 6.45) is 8.38. The molecule has 8 heteroatoms. The quantitative estimate of drug-likeness (QED) is 0.200. The standard InChI is InChI=1S/C26H27FN4O2S/c1-33-15-16-34-26-29-18-23(20-5-4-6-21(27)17-20)25(30-26)19-10-13-31(14-11-19)24(32)9-8-22-7-2-3-12-28-22/h2-9,12,17-19H,10-11,13-16H2,1H3. The highest BCUT2D eigenvalue weighted by molar-refractivity contribution is 7.99. The number of benzene rings is 1. The SMILES string of the molecule is COCCSc1ncc(-c2cccc(F)c2)c(C2CCN(C(=O)C=Cc3ccccn3)CC2)n1. The van der Waals surface area contributed by atoms with Crippen LogP contribution in [-0.4, -0.2) is 58.3 Å². The van der Waals surface area contributed by atoms with E-state index in [4.69, 9.17) is 9.72 Å². The van der Waals surface area contributed by atoms with Crippen LogP contribution in [0.25, 0.3) is 17.2 Å². The number of amides is 1. The Hall–Kier alpha value is -3.10. The van der Waals surface area contributed by atoms with Crippen LogP contribution in [0.2, 0.25) is 0 Å². The number of nitrogens with zero attached hydrogens (tertiary/aromatic N) is 4. The van der Waals surface area contributed by atoms with Gasteiger partial charge in [-0.05, 0) is 48.7 Å². The second-order valence-corrected chi connectivity index (χ2v) is 9.05. The molecule has 0 bridgehead atoms. The summed E-state index contributed by atoms with van der Waals surface area (Å²) in [7, 11) is 1.67. The molecule has 0 saturated carbocycles. The van der Waals surface area contributed by atoms with Crippen LogP contribution in [0.15, 0.2) is 66.1 Å². The third kappa shape index (κ3) is 6.27. The summed E-state index contributed by atoms with van der Waals surface area (Å²) in [5, 5.41) is 0.684. The Labute approximate surface area is 203 Å². The Balaban J connectivity index is 1.49. The number of rotatable bonds is 8. The van der Waals surface area contributed by atoms with Gasteiger partial charge < -0.3 is 9.64 Å². The number of aromatic nitrogens is 3. The van der Waals surface area contributed by atoms with Crippen LogP contribution < -0.4 is 0 Å². The molecule has 0 aliphatic carbocycles. The number of hydrogen-bond acceptors (Lipinski definition) is 6. The highest BCUT2D eigenvalue weighted by Crippen LogP contribution is 2.35. The second-order valence-electron chi connectivity index (χ2n) is 7.99. The third-order valence-corrected chi connectivity index (χ3v) is 6.55. The van der Waals surface area contributed by atoms with Crippen LogP contribution in [0, 0.1) is 5.82 Å². The number of carbonyl (C=O) groups is 1. The minimum absolute atomic E-state index is 0.0204. The van der Waals surface area contributed by atoms with Crippen molar-refractivity contribution in [3.8, 4) is 11.1 Å². The predicted molar refractivity (Wildman–Crippen MR) is 132 cm³/mol. The number of ether oxygens (including phenoxy) is 1. The van der Waals surface area contributed by atoms with Gasteiger partial charge in [0.1, 0.15) is 5.82 Å². The number of methoxy groups -OCH3 is 1. The summed E-state index contributed by atoms with van der Waals surface area (Å²) in [4.78, 5) is 28.1. The molecule has 0 N–H and O–H groups in total. The molecule has 6 nitrogen and oxygen atoms in total.